The summed E-state index contributed by atoms with van der Waals surface area (Å²) in [5.41, 5.74) is 12.7. The maximum atomic E-state index is 11.8. The zero-order valence-electron chi connectivity index (χ0n) is 12.8. The van der Waals surface area contributed by atoms with E-state index in [0.717, 1.165) is 11.1 Å². The third kappa shape index (κ3) is 6.64. The second kappa shape index (κ2) is 9.66. The van der Waals surface area contributed by atoms with Crippen LogP contribution in [0.4, 0.5) is 0 Å². The van der Waals surface area contributed by atoms with Crippen LogP contribution in [0, 0.1) is 0 Å². The Labute approximate surface area is 142 Å². The lowest BCUT2D eigenvalue weighted by molar-refractivity contribution is -0.123. The molecule has 0 aromatic heterocycles. The molecule has 1 aromatic rings. The molecule has 1 atom stereocenters. The largest absolute Gasteiger partial charge is 0.370 e. The molecule has 7 heteroatoms. The smallest absolute Gasteiger partial charge is 0.237 e. The van der Waals surface area contributed by atoms with E-state index in [1.807, 2.05) is 18.2 Å². The summed E-state index contributed by atoms with van der Waals surface area (Å²) in [5.74, 6) is -0.390. The van der Waals surface area contributed by atoms with Crippen LogP contribution in [0.1, 0.15) is 43.7 Å². The van der Waals surface area contributed by atoms with Gasteiger partial charge in [0.1, 0.15) is 0 Å². The first kappa shape index (κ1) is 20.7. The van der Waals surface area contributed by atoms with Crippen molar-refractivity contribution in [2.24, 2.45) is 11.5 Å². The second-order valence-electron chi connectivity index (χ2n) is 5.33. The van der Waals surface area contributed by atoms with Crippen LogP contribution in [0.2, 0.25) is 5.02 Å². The van der Waals surface area contributed by atoms with Crippen molar-refractivity contribution >= 4 is 35.8 Å². The van der Waals surface area contributed by atoms with E-state index in [0.29, 0.717) is 17.5 Å². The maximum Gasteiger partial charge on any atom is 0.237 e. The topological polar surface area (TPSA) is 98.2 Å². The average molecular weight is 348 g/mol. The molecule has 0 saturated heterocycles. The van der Waals surface area contributed by atoms with Gasteiger partial charge in [0.25, 0.3) is 0 Å². The number of primary amides is 1. The minimum Gasteiger partial charge on any atom is -0.370 e. The zero-order chi connectivity index (χ0) is 16.0. The molecule has 0 unspecified atom stereocenters. The highest BCUT2D eigenvalue weighted by Crippen LogP contribution is 2.22. The Kier molecular flexibility index (Phi) is 9.09. The molecule has 0 aliphatic rings. The molecule has 0 fully saturated rings. The Morgan fingerprint density at radius 1 is 1.32 bits per heavy atom. The molecular weight excluding hydrogens is 325 g/mol. The predicted molar refractivity (Wildman–Crippen MR) is 91.0 cm³/mol. The number of hydrogen-bond donors (Lipinski definition) is 3. The Balaban J connectivity index is 0.00000441. The van der Waals surface area contributed by atoms with E-state index in [4.69, 9.17) is 23.1 Å². The summed E-state index contributed by atoms with van der Waals surface area (Å²) in [4.78, 5) is 22.4. The SMILES string of the molecule is CC(C)c1ccc(CNC(=O)[C@@H](N)CCC(N)=O)c(Cl)c1.Cl. The van der Waals surface area contributed by atoms with Crippen molar-refractivity contribution in [2.75, 3.05) is 0 Å². The molecule has 0 spiro atoms. The average Bonchev–Trinajstić information content (AvgIpc) is 2.42. The first-order valence-corrected chi connectivity index (χ1v) is 7.29. The van der Waals surface area contributed by atoms with E-state index in [-0.39, 0.29) is 31.2 Å². The van der Waals surface area contributed by atoms with Crippen LogP contribution in [-0.4, -0.2) is 17.9 Å². The number of nitrogens with one attached hydrogen (secondary N) is 1. The second-order valence-corrected chi connectivity index (χ2v) is 5.74. The first-order chi connectivity index (χ1) is 9.81. The fourth-order valence-electron chi connectivity index (χ4n) is 1.81. The molecule has 0 saturated carbocycles. The lowest BCUT2D eigenvalue weighted by atomic mass is 10.0. The highest BCUT2D eigenvalue weighted by atomic mass is 35.5. The number of rotatable bonds is 7. The molecule has 0 heterocycles. The van der Waals surface area contributed by atoms with Gasteiger partial charge in [-0.1, -0.05) is 37.6 Å². The van der Waals surface area contributed by atoms with Crippen molar-refractivity contribution < 1.29 is 9.59 Å². The molecular formula is C15H23Cl2N3O2. The van der Waals surface area contributed by atoms with Crippen molar-refractivity contribution in [3.63, 3.8) is 0 Å². The normalized spacial score (nSPS) is 11.7. The van der Waals surface area contributed by atoms with Crippen LogP contribution >= 0.6 is 24.0 Å². The summed E-state index contributed by atoms with van der Waals surface area (Å²) >= 11 is 6.20. The van der Waals surface area contributed by atoms with Crippen LogP contribution in [-0.2, 0) is 16.1 Å². The van der Waals surface area contributed by atoms with Gasteiger partial charge in [0.2, 0.25) is 11.8 Å². The van der Waals surface area contributed by atoms with Crippen LogP contribution in [0.3, 0.4) is 0 Å². The number of amides is 2. The van der Waals surface area contributed by atoms with Crippen molar-refractivity contribution in [2.45, 2.75) is 45.2 Å². The molecule has 124 valence electrons. The van der Waals surface area contributed by atoms with E-state index in [1.54, 1.807) is 0 Å². The number of halogens is 2. The lowest BCUT2D eigenvalue weighted by Crippen LogP contribution is -2.40. The summed E-state index contributed by atoms with van der Waals surface area (Å²) in [6.07, 6.45) is 0.333. The van der Waals surface area contributed by atoms with Crippen molar-refractivity contribution in [3.8, 4) is 0 Å². The van der Waals surface area contributed by atoms with Gasteiger partial charge in [-0.05, 0) is 29.5 Å². The standard InChI is InChI=1S/C15H22ClN3O2.ClH/c1-9(2)10-3-4-11(12(16)7-10)8-19-15(21)13(17)5-6-14(18)20;/h3-4,7,9,13H,5-6,8,17H2,1-2H3,(H2,18,20)(H,19,21);1H/t13-;/m0./s1. The predicted octanol–water partition coefficient (Wildman–Crippen LogP) is 2.09. The fourth-order valence-corrected chi connectivity index (χ4v) is 2.06. The zero-order valence-corrected chi connectivity index (χ0v) is 14.3. The Morgan fingerprint density at radius 3 is 2.45 bits per heavy atom. The Bertz CT molecular complexity index is 522. The van der Waals surface area contributed by atoms with Crippen molar-refractivity contribution in [3.05, 3.63) is 34.3 Å². The maximum absolute atomic E-state index is 11.8. The number of nitrogens with two attached hydrogens (primary N) is 2. The monoisotopic (exact) mass is 347 g/mol. The highest BCUT2D eigenvalue weighted by molar-refractivity contribution is 6.31. The number of benzene rings is 1. The van der Waals surface area contributed by atoms with Crippen molar-refractivity contribution in [1.82, 2.24) is 5.32 Å². The molecule has 1 aromatic carbocycles. The van der Waals surface area contributed by atoms with Crippen LogP contribution in [0.15, 0.2) is 18.2 Å². The summed E-state index contributed by atoms with van der Waals surface area (Å²) in [6, 6.07) is 5.05. The van der Waals surface area contributed by atoms with Gasteiger partial charge in [0.15, 0.2) is 0 Å². The molecule has 0 radical (unpaired) electrons. The number of carbonyl (C=O) groups is 2. The van der Waals surface area contributed by atoms with E-state index in [2.05, 4.69) is 19.2 Å². The number of carbonyl (C=O) groups excluding carboxylic acids is 2. The summed E-state index contributed by atoms with van der Waals surface area (Å²) in [6.45, 7) is 4.48. The first-order valence-electron chi connectivity index (χ1n) is 6.91. The van der Waals surface area contributed by atoms with Gasteiger partial charge in [-0.3, -0.25) is 9.59 Å². The van der Waals surface area contributed by atoms with Gasteiger partial charge in [-0.15, -0.1) is 12.4 Å². The molecule has 5 nitrogen and oxygen atoms in total. The van der Waals surface area contributed by atoms with Crippen LogP contribution in [0.25, 0.3) is 0 Å². The van der Waals surface area contributed by atoms with Gasteiger partial charge in [0.05, 0.1) is 6.04 Å². The van der Waals surface area contributed by atoms with Crippen LogP contribution in [0.5, 0.6) is 0 Å². The quantitative estimate of drug-likeness (QED) is 0.704. The van der Waals surface area contributed by atoms with Crippen molar-refractivity contribution in [1.29, 1.82) is 0 Å². The van der Waals surface area contributed by atoms with E-state index < -0.39 is 11.9 Å². The molecule has 0 aliphatic heterocycles. The summed E-state index contributed by atoms with van der Waals surface area (Å²) in [5, 5.41) is 3.33. The third-order valence-corrected chi connectivity index (χ3v) is 3.59. The van der Waals surface area contributed by atoms with E-state index in [1.165, 1.54) is 0 Å². The summed E-state index contributed by atoms with van der Waals surface area (Å²) < 4.78 is 0. The van der Waals surface area contributed by atoms with Gasteiger partial charge in [-0.25, -0.2) is 0 Å². The minimum absolute atomic E-state index is 0. The molecule has 0 aliphatic carbocycles. The van der Waals surface area contributed by atoms with Gasteiger partial charge in [-0.2, -0.15) is 0 Å². The molecule has 22 heavy (non-hydrogen) atoms. The highest BCUT2D eigenvalue weighted by Gasteiger charge is 2.14. The molecule has 5 N–H and O–H groups in total. The molecule has 0 bridgehead atoms. The van der Waals surface area contributed by atoms with Gasteiger partial charge in [0, 0.05) is 18.0 Å². The summed E-state index contributed by atoms with van der Waals surface area (Å²) in [7, 11) is 0. The lowest BCUT2D eigenvalue weighted by Gasteiger charge is -2.13. The molecule has 1 rings (SSSR count). The Morgan fingerprint density at radius 2 is 1.95 bits per heavy atom. The number of hydrogen-bond acceptors (Lipinski definition) is 3. The molecule has 2 amide bonds. The fraction of sp³-hybridized carbons (Fsp3) is 0.467. The van der Waals surface area contributed by atoms with Gasteiger partial charge >= 0.3 is 0 Å². The van der Waals surface area contributed by atoms with E-state index in [9.17, 15) is 9.59 Å². The third-order valence-electron chi connectivity index (χ3n) is 3.24. The Hall–Kier alpha value is -1.30. The van der Waals surface area contributed by atoms with Gasteiger partial charge < -0.3 is 16.8 Å². The van der Waals surface area contributed by atoms with E-state index >= 15 is 0 Å². The van der Waals surface area contributed by atoms with Crippen LogP contribution < -0.4 is 16.8 Å². The minimum atomic E-state index is -0.744.